The number of ether oxygens (including phenoxy) is 1. The van der Waals surface area contributed by atoms with Crippen molar-refractivity contribution in [1.29, 1.82) is 0 Å². The summed E-state index contributed by atoms with van der Waals surface area (Å²) in [5, 5.41) is 12.6. The van der Waals surface area contributed by atoms with Crippen molar-refractivity contribution < 1.29 is 19.4 Å². The highest BCUT2D eigenvalue weighted by atomic mass is 16.5. The van der Waals surface area contributed by atoms with Crippen LogP contribution in [0.25, 0.3) is 0 Å². The fourth-order valence-electron chi connectivity index (χ4n) is 3.24. The van der Waals surface area contributed by atoms with Crippen LogP contribution in [0.2, 0.25) is 0 Å². The Hall–Kier alpha value is -2.86. The van der Waals surface area contributed by atoms with Crippen LogP contribution in [0.15, 0.2) is 54.6 Å². The van der Waals surface area contributed by atoms with E-state index in [0.717, 1.165) is 18.8 Å². The molecule has 1 aliphatic rings. The minimum Gasteiger partial charge on any atom is -0.481 e. The van der Waals surface area contributed by atoms with Crippen LogP contribution >= 0.6 is 0 Å². The number of benzene rings is 2. The number of hydrogen-bond acceptors (Lipinski definition) is 4. The average molecular weight is 368 g/mol. The van der Waals surface area contributed by atoms with E-state index in [4.69, 9.17) is 4.74 Å². The van der Waals surface area contributed by atoms with Crippen LogP contribution in [0.4, 0.5) is 11.4 Å². The van der Waals surface area contributed by atoms with Gasteiger partial charge in [0, 0.05) is 30.9 Å². The van der Waals surface area contributed by atoms with E-state index in [1.54, 1.807) is 31.2 Å². The standard InChI is InChI=1S/C21H24N2O4/c1-21(20(25)26,16-6-3-2-4-7-16)15-19(24)22-17-8-5-9-18(14-17)23-10-12-27-13-11-23/h2-9,14H,10-13,15H2,1H3,(H,22,24)(H,25,26)/t21-/m0/s1. The maximum Gasteiger partial charge on any atom is 0.314 e. The molecule has 142 valence electrons. The molecule has 0 radical (unpaired) electrons. The molecule has 0 unspecified atom stereocenters. The number of nitrogens with zero attached hydrogens (tertiary/aromatic N) is 1. The molecule has 2 N–H and O–H groups in total. The largest absolute Gasteiger partial charge is 0.481 e. The second kappa shape index (κ2) is 8.22. The van der Waals surface area contributed by atoms with Gasteiger partial charge in [0.15, 0.2) is 0 Å². The van der Waals surface area contributed by atoms with Crippen molar-refractivity contribution in [1.82, 2.24) is 0 Å². The number of hydrogen-bond donors (Lipinski definition) is 2. The van der Waals surface area contributed by atoms with Gasteiger partial charge in [-0.15, -0.1) is 0 Å². The Morgan fingerprint density at radius 3 is 2.48 bits per heavy atom. The van der Waals surface area contributed by atoms with Crippen molar-refractivity contribution >= 4 is 23.3 Å². The molecule has 1 saturated heterocycles. The highest BCUT2D eigenvalue weighted by Gasteiger charge is 2.37. The summed E-state index contributed by atoms with van der Waals surface area (Å²) in [5.74, 6) is -1.35. The lowest BCUT2D eigenvalue weighted by atomic mass is 9.79. The van der Waals surface area contributed by atoms with Crippen LogP contribution in [-0.2, 0) is 19.7 Å². The third kappa shape index (κ3) is 4.46. The van der Waals surface area contributed by atoms with Crippen LogP contribution in [0.1, 0.15) is 18.9 Å². The maximum atomic E-state index is 12.6. The predicted molar refractivity (Wildman–Crippen MR) is 104 cm³/mol. The lowest BCUT2D eigenvalue weighted by Crippen LogP contribution is -2.37. The van der Waals surface area contributed by atoms with E-state index < -0.39 is 11.4 Å². The first-order valence-corrected chi connectivity index (χ1v) is 9.00. The molecule has 2 aromatic carbocycles. The first-order valence-electron chi connectivity index (χ1n) is 9.00. The Kier molecular flexibility index (Phi) is 5.76. The maximum absolute atomic E-state index is 12.6. The number of carbonyl (C=O) groups is 2. The van der Waals surface area contributed by atoms with E-state index in [2.05, 4.69) is 10.2 Å². The van der Waals surface area contributed by atoms with E-state index in [9.17, 15) is 14.7 Å². The van der Waals surface area contributed by atoms with Crippen molar-refractivity contribution in [2.45, 2.75) is 18.8 Å². The topological polar surface area (TPSA) is 78.9 Å². The summed E-state index contributed by atoms with van der Waals surface area (Å²) in [6.07, 6.45) is -0.145. The molecule has 1 fully saturated rings. The van der Waals surface area contributed by atoms with Gasteiger partial charge in [-0.1, -0.05) is 36.4 Å². The summed E-state index contributed by atoms with van der Waals surface area (Å²) < 4.78 is 5.37. The Morgan fingerprint density at radius 2 is 1.81 bits per heavy atom. The number of rotatable bonds is 6. The van der Waals surface area contributed by atoms with Crippen LogP contribution in [0, 0.1) is 0 Å². The zero-order chi connectivity index (χ0) is 19.3. The smallest absolute Gasteiger partial charge is 0.314 e. The van der Waals surface area contributed by atoms with Gasteiger partial charge in [0.1, 0.15) is 0 Å². The van der Waals surface area contributed by atoms with Gasteiger partial charge in [-0.2, -0.15) is 0 Å². The molecule has 1 amide bonds. The van der Waals surface area contributed by atoms with E-state index >= 15 is 0 Å². The van der Waals surface area contributed by atoms with Gasteiger partial charge in [0.05, 0.1) is 18.6 Å². The van der Waals surface area contributed by atoms with Gasteiger partial charge in [-0.25, -0.2) is 0 Å². The Labute approximate surface area is 158 Å². The molecule has 1 aliphatic heterocycles. The summed E-state index contributed by atoms with van der Waals surface area (Å²) in [6, 6.07) is 16.4. The van der Waals surface area contributed by atoms with Crippen LogP contribution < -0.4 is 10.2 Å². The zero-order valence-electron chi connectivity index (χ0n) is 15.4. The summed E-state index contributed by atoms with van der Waals surface area (Å²) in [6.45, 7) is 4.56. The van der Waals surface area contributed by atoms with Gasteiger partial charge in [-0.3, -0.25) is 9.59 Å². The highest BCUT2D eigenvalue weighted by molar-refractivity contribution is 5.96. The number of amides is 1. The predicted octanol–water partition coefficient (Wildman–Crippen LogP) is 2.89. The third-order valence-corrected chi connectivity index (χ3v) is 4.90. The number of carboxylic acid groups (broad SMARTS) is 1. The van der Waals surface area contributed by atoms with Crippen molar-refractivity contribution in [2.75, 3.05) is 36.5 Å². The van der Waals surface area contributed by atoms with Crippen LogP contribution in [-0.4, -0.2) is 43.3 Å². The molecule has 0 aromatic heterocycles. The molecule has 6 nitrogen and oxygen atoms in total. The number of nitrogens with one attached hydrogen (secondary N) is 1. The van der Waals surface area contributed by atoms with E-state index in [0.29, 0.717) is 24.5 Å². The first-order chi connectivity index (χ1) is 13.0. The second-order valence-corrected chi connectivity index (χ2v) is 6.88. The van der Waals surface area contributed by atoms with Gasteiger partial charge in [0.25, 0.3) is 0 Å². The fourth-order valence-corrected chi connectivity index (χ4v) is 3.24. The molecule has 0 spiro atoms. The average Bonchev–Trinajstić information content (AvgIpc) is 2.69. The van der Waals surface area contributed by atoms with Gasteiger partial charge in [0.2, 0.25) is 5.91 Å². The molecular weight excluding hydrogens is 344 g/mol. The number of carbonyl (C=O) groups excluding carboxylic acids is 1. The minimum atomic E-state index is -1.28. The Balaban J connectivity index is 1.72. The molecule has 27 heavy (non-hydrogen) atoms. The molecule has 0 bridgehead atoms. The normalized spacial score (nSPS) is 16.4. The third-order valence-electron chi connectivity index (χ3n) is 4.90. The molecule has 0 aliphatic carbocycles. The minimum absolute atomic E-state index is 0.145. The monoisotopic (exact) mass is 368 g/mol. The molecule has 3 rings (SSSR count). The van der Waals surface area contributed by atoms with Gasteiger partial charge < -0.3 is 20.1 Å². The lowest BCUT2D eigenvalue weighted by Gasteiger charge is -2.29. The number of carboxylic acids is 1. The van der Waals surface area contributed by atoms with Gasteiger partial charge >= 0.3 is 5.97 Å². The molecule has 2 aromatic rings. The summed E-state index contributed by atoms with van der Waals surface area (Å²) >= 11 is 0. The number of aliphatic carboxylic acids is 1. The quantitative estimate of drug-likeness (QED) is 0.820. The summed E-state index contributed by atoms with van der Waals surface area (Å²) in [4.78, 5) is 26.7. The van der Waals surface area contributed by atoms with Crippen LogP contribution in [0.3, 0.4) is 0 Å². The fraction of sp³-hybridized carbons (Fsp3) is 0.333. The summed E-state index contributed by atoms with van der Waals surface area (Å²) in [5.41, 5.74) is 0.993. The highest BCUT2D eigenvalue weighted by Crippen LogP contribution is 2.29. The molecule has 0 saturated carbocycles. The van der Waals surface area contributed by atoms with E-state index in [-0.39, 0.29) is 12.3 Å². The Morgan fingerprint density at radius 1 is 1.11 bits per heavy atom. The van der Waals surface area contributed by atoms with E-state index in [1.807, 2.05) is 30.3 Å². The number of anilines is 2. The molecule has 1 atom stereocenters. The van der Waals surface area contributed by atoms with Gasteiger partial charge in [-0.05, 0) is 30.7 Å². The summed E-state index contributed by atoms with van der Waals surface area (Å²) in [7, 11) is 0. The van der Waals surface area contributed by atoms with Crippen molar-refractivity contribution in [3.05, 3.63) is 60.2 Å². The SMILES string of the molecule is C[C@@](CC(=O)Nc1cccc(N2CCOCC2)c1)(C(=O)O)c1ccccc1. The first kappa shape index (κ1) is 18.9. The molecular formula is C21H24N2O4. The van der Waals surface area contributed by atoms with E-state index in [1.165, 1.54) is 0 Å². The Bertz CT molecular complexity index is 803. The molecule has 1 heterocycles. The van der Waals surface area contributed by atoms with Crippen molar-refractivity contribution in [2.24, 2.45) is 0 Å². The van der Waals surface area contributed by atoms with Crippen molar-refractivity contribution in [3.8, 4) is 0 Å². The zero-order valence-corrected chi connectivity index (χ0v) is 15.4. The van der Waals surface area contributed by atoms with Crippen LogP contribution in [0.5, 0.6) is 0 Å². The lowest BCUT2D eigenvalue weighted by molar-refractivity contribution is -0.145. The molecule has 6 heteroatoms. The van der Waals surface area contributed by atoms with Crippen molar-refractivity contribution in [3.63, 3.8) is 0 Å². The second-order valence-electron chi connectivity index (χ2n) is 6.88. The number of morpholine rings is 1.